The molecule has 152 valence electrons. The number of esters is 1. The van der Waals surface area contributed by atoms with E-state index in [2.05, 4.69) is 10.6 Å². The van der Waals surface area contributed by atoms with Crippen molar-refractivity contribution < 1.29 is 22.7 Å². The molecule has 0 radical (unpaired) electrons. The molecule has 1 saturated heterocycles. The molecule has 2 aromatic carbocycles. The summed E-state index contributed by atoms with van der Waals surface area (Å²) in [6, 6.07) is 13.9. The Bertz CT molecular complexity index is 1030. The maximum absolute atomic E-state index is 12.9. The summed E-state index contributed by atoms with van der Waals surface area (Å²) in [5.41, 5.74) is 1.56. The van der Waals surface area contributed by atoms with Gasteiger partial charge in [-0.2, -0.15) is 0 Å². The van der Waals surface area contributed by atoms with E-state index in [1.54, 1.807) is 43.3 Å². The summed E-state index contributed by atoms with van der Waals surface area (Å²) < 4.78 is 30.9. The number of carbonyl (C=O) groups excluding carboxylic acids is 2. The van der Waals surface area contributed by atoms with Gasteiger partial charge in [-0.05, 0) is 31.5 Å². The number of amides is 2. The molecule has 0 saturated carbocycles. The highest BCUT2D eigenvalue weighted by atomic mass is 32.2. The third-order valence-electron chi connectivity index (χ3n) is 4.54. The van der Waals surface area contributed by atoms with Gasteiger partial charge in [0, 0.05) is 5.70 Å². The number of hydrogen-bond donors (Lipinski definition) is 2. The Labute approximate surface area is 169 Å². The maximum atomic E-state index is 12.9. The van der Waals surface area contributed by atoms with Crippen molar-refractivity contribution in [3.05, 3.63) is 76.8 Å². The molecule has 1 heterocycles. The van der Waals surface area contributed by atoms with Crippen LogP contribution in [0.4, 0.5) is 4.79 Å². The van der Waals surface area contributed by atoms with Crippen LogP contribution in [-0.4, -0.2) is 27.0 Å². The van der Waals surface area contributed by atoms with Gasteiger partial charge in [0.05, 0.1) is 23.0 Å². The second-order valence-corrected chi connectivity index (χ2v) is 8.44. The summed E-state index contributed by atoms with van der Waals surface area (Å²) in [5.74, 6) is -1.66. The largest absolute Gasteiger partial charge is 0.465 e. The fourth-order valence-electron chi connectivity index (χ4n) is 3.15. The quantitative estimate of drug-likeness (QED) is 0.733. The molecule has 0 aliphatic carbocycles. The normalized spacial score (nSPS) is 20.6. The standard InChI is InChI=1S/C21H22N2O5S/c1-3-28-20(24)18-17(13-29(26,27)16-11-9-14(2)10-12-16)22-21(25)23-19(18)15-7-5-4-6-8-15/h4-13,18-19H,3H2,1-2H3,(H2,22,23,25)/b17-13+/t18-,19+/m0/s1. The summed E-state index contributed by atoms with van der Waals surface area (Å²) in [5, 5.41) is 6.11. The van der Waals surface area contributed by atoms with Crippen molar-refractivity contribution in [3.8, 4) is 0 Å². The molecule has 0 aromatic heterocycles. The highest BCUT2D eigenvalue weighted by Gasteiger charge is 2.40. The molecule has 1 aliphatic rings. The van der Waals surface area contributed by atoms with E-state index >= 15 is 0 Å². The molecule has 2 atom stereocenters. The van der Waals surface area contributed by atoms with Gasteiger partial charge in [0.2, 0.25) is 9.84 Å². The van der Waals surface area contributed by atoms with Crippen LogP contribution >= 0.6 is 0 Å². The number of rotatable bonds is 5. The fraction of sp³-hybridized carbons (Fsp3) is 0.238. The maximum Gasteiger partial charge on any atom is 0.319 e. The van der Waals surface area contributed by atoms with Gasteiger partial charge in [-0.15, -0.1) is 0 Å². The SMILES string of the molecule is CCOC(=O)[C@H]1/C(=C\S(=O)(=O)c2ccc(C)cc2)NC(=O)N[C@@H]1c1ccccc1. The van der Waals surface area contributed by atoms with E-state index in [9.17, 15) is 18.0 Å². The van der Waals surface area contributed by atoms with Gasteiger partial charge < -0.3 is 15.4 Å². The van der Waals surface area contributed by atoms with Gasteiger partial charge in [-0.1, -0.05) is 48.0 Å². The molecule has 2 amide bonds. The molecular formula is C21H22N2O5S. The summed E-state index contributed by atoms with van der Waals surface area (Å²) in [4.78, 5) is 25.0. The van der Waals surface area contributed by atoms with E-state index in [4.69, 9.17) is 4.74 Å². The zero-order chi connectivity index (χ0) is 21.0. The van der Waals surface area contributed by atoms with Crippen molar-refractivity contribution in [2.75, 3.05) is 6.61 Å². The van der Waals surface area contributed by atoms with Crippen molar-refractivity contribution in [1.82, 2.24) is 10.6 Å². The first-order valence-electron chi connectivity index (χ1n) is 9.14. The zero-order valence-electron chi connectivity index (χ0n) is 16.1. The number of hydrogen-bond acceptors (Lipinski definition) is 5. The van der Waals surface area contributed by atoms with Crippen molar-refractivity contribution in [2.45, 2.75) is 24.8 Å². The summed E-state index contributed by atoms with van der Waals surface area (Å²) >= 11 is 0. The lowest BCUT2D eigenvalue weighted by Crippen LogP contribution is -2.51. The second kappa shape index (κ2) is 8.48. The first-order valence-corrected chi connectivity index (χ1v) is 10.7. The Kier molecular flexibility index (Phi) is 6.03. The zero-order valence-corrected chi connectivity index (χ0v) is 16.9. The molecule has 1 fully saturated rings. The van der Waals surface area contributed by atoms with Crippen LogP contribution in [0.2, 0.25) is 0 Å². The molecule has 29 heavy (non-hydrogen) atoms. The first kappa shape index (κ1) is 20.6. The predicted molar refractivity (Wildman–Crippen MR) is 107 cm³/mol. The Hall–Kier alpha value is -3.13. The smallest absolute Gasteiger partial charge is 0.319 e. The number of urea groups is 1. The van der Waals surface area contributed by atoms with Crippen LogP contribution < -0.4 is 10.6 Å². The predicted octanol–water partition coefficient (Wildman–Crippen LogP) is 2.84. The average molecular weight is 414 g/mol. The van der Waals surface area contributed by atoms with E-state index in [1.807, 2.05) is 13.0 Å². The third kappa shape index (κ3) is 4.65. The Morgan fingerprint density at radius 3 is 2.38 bits per heavy atom. The lowest BCUT2D eigenvalue weighted by atomic mass is 9.89. The van der Waals surface area contributed by atoms with Crippen LogP contribution in [0.15, 0.2) is 70.6 Å². The molecule has 7 nitrogen and oxygen atoms in total. The van der Waals surface area contributed by atoms with Crippen molar-refractivity contribution >= 4 is 21.8 Å². The molecule has 1 aliphatic heterocycles. The molecular weight excluding hydrogens is 392 g/mol. The minimum absolute atomic E-state index is 0.0263. The summed E-state index contributed by atoms with van der Waals surface area (Å²) in [6.45, 7) is 3.64. The van der Waals surface area contributed by atoms with Crippen LogP contribution in [-0.2, 0) is 19.4 Å². The summed E-state index contributed by atoms with van der Waals surface area (Å²) in [7, 11) is -3.90. The molecule has 3 rings (SSSR count). The topological polar surface area (TPSA) is 102 Å². The van der Waals surface area contributed by atoms with Crippen LogP contribution in [0, 0.1) is 12.8 Å². The van der Waals surface area contributed by atoms with E-state index in [0.29, 0.717) is 5.56 Å². The molecule has 0 bridgehead atoms. The lowest BCUT2D eigenvalue weighted by molar-refractivity contribution is -0.147. The minimum atomic E-state index is -3.90. The highest BCUT2D eigenvalue weighted by Crippen LogP contribution is 2.32. The number of sulfone groups is 1. The Balaban J connectivity index is 2.08. The summed E-state index contributed by atoms with van der Waals surface area (Å²) in [6.07, 6.45) is 0. The lowest BCUT2D eigenvalue weighted by Gasteiger charge is -2.33. The third-order valence-corrected chi connectivity index (χ3v) is 6.04. The molecule has 2 N–H and O–H groups in total. The number of ether oxygens (including phenoxy) is 1. The second-order valence-electron chi connectivity index (χ2n) is 6.65. The van der Waals surface area contributed by atoms with Crippen molar-refractivity contribution in [3.63, 3.8) is 0 Å². The number of carbonyl (C=O) groups is 2. The van der Waals surface area contributed by atoms with E-state index in [0.717, 1.165) is 11.0 Å². The van der Waals surface area contributed by atoms with Gasteiger partial charge in [0.25, 0.3) is 0 Å². The van der Waals surface area contributed by atoms with Crippen LogP contribution in [0.5, 0.6) is 0 Å². The van der Waals surface area contributed by atoms with E-state index in [-0.39, 0.29) is 17.2 Å². The van der Waals surface area contributed by atoms with Crippen LogP contribution in [0.1, 0.15) is 24.1 Å². The Morgan fingerprint density at radius 2 is 1.76 bits per heavy atom. The molecule has 2 aromatic rings. The number of benzene rings is 2. The number of nitrogens with one attached hydrogen (secondary N) is 2. The monoisotopic (exact) mass is 414 g/mol. The molecule has 0 unspecified atom stereocenters. The van der Waals surface area contributed by atoms with Gasteiger partial charge in [0.1, 0.15) is 5.92 Å². The fourth-order valence-corrected chi connectivity index (χ4v) is 4.34. The van der Waals surface area contributed by atoms with Gasteiger partial charge in [-0.3, -0.25) is 4.79 Å². The molecule has 0 spiro atoms. The van der Waals surface area contributed by atoms with Crippen LogP contribution in [0.25, 0.3) is 0 Å². The van der Waals surface area contributed by atoms with Crippen molar-refractivity contribution in [1.29, 1.82) is 0 Å². The highest BCUT2D eigenvalue weighted by molar-refractivity contribution is 7.94. The van der Waals surface area contributed by atoms with E-state index < -0.39 is 33.8 Å². The van der Waals surface area contributed by atoms with Gasteiger partial charge >= 0.3 is 12.0 Å². The Morgan fingerprint density at radius 1 is 1.10 bits per heavy atom. The first-order chi connectivity index (χ1) is 13.8. The van der Waals surface area contributed by atoms with Crippen LogP contribution in [0.3, 0.4) is 0 Å². The average Bonchev–Trinajstić information content (AvgIpc) is 2.68. The number of aryl methyl sites for hydroxylation is 1. The van der Waals surface area contributed by atoms with E-state index in [1.165, 1.54) is 12.1 Å². The van der Waals surface area contributed by atoms with Crippen molar-refractivity contribution in [2.24, 2.45) is 5.92 Å². The van der Waals surface area contributed by atoms with Gasteiger partial charge in [0.15, 0.2) is 0 Å². The van der Waals surface area contributed by atoms with Gasteiger partial charge in [-0.25, -0.2) is 13.2 Å². The molecule has 8 heteroatoms. The minimum Gasteiger partial charge on any atom is -0.465 e.